The molecule has 0 amide bonds. The van der Waals surface area contributed by atoms with Crippen LogP contribution in [0.2, 0.25) is 0 Å². The van der Waals surface area contributed by atoms with Crippen LogP contribution in [-0.2, 0) is 11.8 Å². The number of nitrogens with zero attached hydrogens (tertiary/aromatic N) is 3. The highest BCUT2D eigenvalue weighted by molar-refractivity contribution is 6.14. The molecule has 1 aliphatic heterocycles. The Labute approximate surface area is 336 Å². The van der Waals surface area contributed by atoms with Gasteiger partial charge in [0.15, 0.2) is 0 Å². The minimum atomic E-state index is -0.239. The number of aromatic nitrogens is 3. The smallest absolute Gasteiger partial charge is 0.226 e. The standard InChI is InChI=1S/C53H39N3O2/c1-53-21-8-15-43(51(53)58-50-20-22-54-32-47(50)53)37-10-7-9-33(25-37)34-16-17-35-30-48-45(28-39(35)26-34)46-29-40-27-38(42-13-5-6-14-44(42)52-55-23-24-57-52)19-18-36(40)31-49(46)56(48)41-11-3-2-4-12-41/h2-17,20-24,26-33,51H,18-19,25H2,1H3. The lowest BCUT2D eigenvalue weighted by atomic mass is 9.71. The van der Waals surface area contributed by atoms with Gasteiger partial charge in [-0.15, -0.1) is 0 Å². The summed E-state index contributed by atoms with van der Waals surface area (Å²) in [6, 6.07) is 38.0. The Balaban J connectivity index is 0.943. The van der Waals surface area contributed by atoms with Gasteiger partial charge in [-0.25, -0.2) is 4.98 Å². The van der Waals surface area contributed by atoms with Gasteiger partial charge in [-0.2, -0.15) is 0 Å². The van der Waals surface area contributed by atoms with Crippen molar-refractivity contribution in [3.05, 3.63) is 203 Å². The maximum Gasteiger partial charge on any atom is 0.226 e. The van der Waals surface area contributed by atoms with Gasteiger partial charge in [0.05, 0.1) is 22.6 Å². The molecule has 0 radical (unpaired) electrons. The van der Waals surface area contributed by atoms with Crippen molar-refractivity contribution in [2.45, 2.75) is 43.6 Å². The number of rotatable bonds is 5. The third kappa shape index (κ3) is 5.09. The number of allylic oxidation sites excluding steroid dienone is 6. The van der Waals surface area contributed by atoms with E-state index in [2.05, 4.69) is 161 Å². The fraction of sp³-hybridized carbons (Fsp3) is 0.132. The van der Waals surface area contributed by atoms with Crippen LogP contribution in [0, 0.1) is 0 Å². The van der Waals surface area contributed by atoms with E-state index >= 15 is 0 Å². The third-order valence-electron chi connectivity index (χ3n) is 13.0. The molecule has 4 aliphatic rings. The van der Waals surface area contributed by atoms with Crippen LogP contribution in [0.3, 0.4) is 0 Å². The maximum atomic E-state index is 6.64. The van der Waals surface area contributed by atoms with Gasteiger partial charge in [0.2, 0.25) is 5.89 Å². The molecular weight excluding hydrogens is 711 g/mol. The molecule has 0 fully saturated rings. The van der Waals surface area contributed by atoms with E-state index in [-0.39, 0.29) is 17.4 Å². The van der Waals surface area contributed by atoms with Crippen LogP contribution in [0.25, 0.3) is 61.4 Å². The van der Waals surface area contributed by atoms with E-state index in [1.165, 1.54) is 77.2 Å². The number of hydrogen-bond acceptors (Lipinski definition) is 4. The first-order valence-corrected chi connectivity index (χ1v) is 20.3. The quantitative estimate of drug-likeness (QED) is 0.176. The summed E-state index contributed by atoms with van der Waals surface area (Å²) in [5.74, 6) is 1.84. The van der Waals surface area contributed by atoms with Crippen molar-refractivity contribution in [2.24, 2.45) is 0 Å². The number of aryl methyl sites for hydroxylation is 1. The third-order valence-corrected chi connectivity index (χ3v) is 13.0. The van der Waals surface area contributed by atoms with E-state index in [4.69, 9.17) is 9.15 Å². The summed E-state index contributed by atoms with van der Waals surface area (Å²) in [5.41, 5.74) is 14.6. The number of benzene rings is 5. The summed E-state index contributed by atoms with van der Waals surface area (Å²) in [4.78, 5) is 8.92. The second-order valence-corrected chi connectivity index (χ2v) is 16.3. The average Bonchev–Trinajstić information content (AvgIpc) is 4.00. The van der Waals surface area contributed by atoms with Crippen LogP contribution in [0.5, 0.6) is 5.75 Å². The van der Waals surface area contributed by atoms with Crippen molar-refractivity contribution in [1.29, 1.82) is 0 Å². The average molecular weight is 750 g/mol. The molecule has 5 nitrogen and oxygen atoms in total. The maximum absolute atomic E-state index is 6.64. The molecule has 0 bridgehead atoms. The number of para-hydroxylation sites is 1. The molecular formula is C53H39N3O2. The lowest BCUT2D eigenvalue weighted by Crippen LogP contribution is -2.37. The Hall–Kier alpha value is -6.98. The summed E-state index contributed by atoms with van der Waals surface area (Å²) in [6.07, 6.45) is 25.9. The van der Waals surface area contributed by atoms with Gasteiger partial charge in [-0.1, -0.05) is 97.1 Å². The molecule has 0 saturated heterocycles. The summed E-state index contributed by atoms with van der Waals surface area (Å²) in [6.45, 7) is 2.27. The van der Waals surface area contributed by atoms with Crippen molar-refractivity contribution in [2.75, 3.05) is 0 Å². The van der Waals surface area contributed by atoms with Crippen molar-refractivity contribution in [3.63, 3.8) is 0 Å². The van der Waals surface area contributed by atoms with Gasteiger partial charge in [-0.3, -0.25) is 4.98 Å². The minimum Gasteiger partial charge on any atom is -0.484 e. The molecule has 3 aliphatic carbocycles. The zero-order valence-corrected chi connectivity index (χ0v) is 32.1. The Bertz CT molecular complexity index is 3140. The fourth-order valence-electron chi connectivity index (χ4n) is 10.0. The topological polar surface area (TPSA) is 53.1 Å². The Morgan fingerprint density at radius 2 is 1.62 bits per heavy atom. The lowest BCUT2D eigenvalue weighted by molar-refractivity contribution is 0.216. The van der Waals surface area contributed by atoms with Gasteiger partial charge in [-0.05, 0) is 124 Å². The van der Waals surface area contributed by atoms with E-state index in [0.717, 1.165) is 36.1 Å². The van der Waals surface area contributed by atoms with Crippen LogP contribution in [0.4, 0.5) is 0 Å². The molecule has 278 valence electrons. The predicted molar refractivity (Wildman–Crippen MR) is 234 cm³/mol. The number of pyridine rings is 1. The van der Waals surface area contributed by atoms with Crippen molar-refractivity contribution >= 4 is 44.2 Å². The summed E-state index contributed by atoms with van der Waals surface area (Å²) in [7, 11) is 0. The zero-order valence-electron chi connectivity index (χ0n) is 32.1. The molecule has 0 saturated carbocycles. The molecule has 3 unspecified atom stereocenters. The van der Waals surface area contributed by atoms with E-state index in [9.17, 15) is 0 Å². The summed E-state index contributed by atoms with van der Waals surface area (Å²) in [5, 5.41) is 5.02. The predicted octanol–water partition coefficient (Wildman–Crippen LogP) is 12.7. The highest BCUT2D eigenvalue weighted by Gasteiger charge is 2.47. The van der Waals surface area contributed by atoms with Gasteiger partial charge < -0.3 is 13.7 Å². The Morgan fingerprint density at radius 1 is 0.759 bits per heavy atom. The Morgan fingerprint density at radius 3 is 2.52 bits per heavy atom. The zero-order chi connectivity index (χ0) is 38.4. The first kappa shape index (κ1) is 33.2. The van der Waals surface area contributed by atoms with Crippen LogP contribution in [0.1, 0.15) is 53.5 Å². The van der Waals surface area contributed by atoms with Crippen LogP contribution >= 0.6 is 0 Å². The molecule has 0 spiro atoms. The molecule has 5 heteroatoms. The van der Waals surface area contributed by atoms with Gasteiger partial charge >= 0.3 is 0 Å². The molecule has 12 rings (SSSR count). The highest BCUT2D eigenvalue weighted by atomic mass is 16.5. The molecule has 8 aromatic rings. The normalized spacial score (nSPS) is 20.7. The van der Waals surface area contributed by atoms with E-state index < -0.39 is 0 Å². The molecule has 5 aromatic carbocycles. The number of fused-ring (bicyclic) bond motifs is 8. The van der Waals surface area contributed by atoms with E-state index in [1.54, 1.807) is 12.5 Å². The van der Waals surface area contributed by atoms with Crippen LogP contribution in [-0.4, -0.2) is 20.6 Å². The monoisotopic (exact) mass is 749 g/mol. The second kappa shape index (κ2) is 12.8. The van der Waals surface area contributed by atoms with Crippen molar-refractivity contribution in [3.8, 4) is 22.9 Å². The second-order valence-electron chi connectivity index (χ2n) is 16.3. The van der Waals surface area contributed by atoms with Gasteiger partial charge in [0.1, 0.15) is 18.1 Å². The summed E-state index contributed by atoms with van der Waals surface area (Å²) >= 11 is 0. The molecule has 58 heavy (non-hydrogen) atoms. The molecule has 3 atom stereocenters. The molecule has 0 N–H and O–H groups in total. The van der Waals surface area contributed by atoms with Gasteiger partial charge in [0, 0.05) is 45.9 Å². The minimum absolute atomic E-state index is 0.0682. The SMILES string of the molecule is CC12C=CC=C(C3=CC=CC(c4ccc5cc6c(cc5c4)c4cc5c(cc4n6-c4ccccc4)CCC(c4ccccc4-c4ncco4)=C5)C3)C1Oc1ccncc12. The van der Waals surface area contributed by atoms with E-state index in [1.807, 2.05) is 18.5 Å². The Kier molecular flexibility index (Phi) is 7.31. The molecule has 3 aromatic heterocycles. The highest BCUT2D eigenvalue weighted by Crippen LogP contribution is 2.50. The summed E-state index contributed by atoms with van der Waals surface area (Å²) < 4.78 is 14.8. The number of oxazole rings is 1. The fourth-order valence-corrected chi connectivity index (χ4v) is 10.0. The first-order valence-electron chi connectivity index (χ1n) is 20.3. The van der Waals surface area contributed by atoms with E-state index in [0.29, 0.717) is 5.89 Å². The largest absolute Gasteiger partial charge is 0.484 e. The van der Waals surface area contributed by atoms with Crippen LogP contribution < -0.4 is 4.74 Å². The van der Waals surface area contributed by atoms with Crippen LogP contribution in [0.15, 0.2) is 180 Å². The van der Waals surface area contributed by atoms with Gasteiger partial charge in [0.25, 0.3) is 0 Å². The number of hydrogen-bond donors (Lipinski definition) is 0. The molecule has 4 heterocycles. The van der Waals surface area contributed by atoms with Crippen molar-refractivity contribution in [1.82, 2.24) is 14.5 Å². The number of ether oxygens (including phenoxy) is 1. The van der Waals surface area contributed by atoms with Crippen molar-refractivity contribution < 1.29 is 9.15 Å². The first-order chi connectivity index (χ1) is 28.6. The lowest BCUT2D eigenvalue weighted by Gasteiger charge is -2.34.